The molecule has 0 spiro atoms. The van der Waals surface area contributed by atoms with Crippen LogP contribution in [0.5, 0.6) is 0 Å². The van der Waals surface area contributed by atoms with E-state index < -0.39 is 0 Å². The highest BCUT2D eigenvalue weighted by atomic mass is 16.1. The van der Waals surface area contributed by atoms with E-state index in [1.54, 1.807) is 0 Å². The van der Waals surface area contributed by atoms with Crippen LogP contribution in [0.1, 0.15) is 35.2 Å². The van der Waals surface area contributed by atoms with Crippen molar-refractivity contribution in [2.45, 2.75) is 26.2 Å². The van der Waals surface area contributed by atoms with Crippen LogP contribution in [0.25, 0.3) is 0 Å². The van der Waals surface area contributed by atoms with Gasteiger partial charge in [0.1, 0.15) is 0 Å². The van der Waals surface area contributed by atoms with Gasteiger partial charge in [0.25, 0.3) is 0 Å². The monoisotopic (exact) mass is 243 g/mol. The molecule has 0 saturated carbocycles. The van der Waals surface area contributed by atoms with E-state index in [9.17, 15) is 4.79 Å². The van der Waals surface area contributed by atoms with Crippen LogP contribution in [-0.4, -0.2) is 30.3 Å². The quantitative estimate of drug-likeness (QED) is 0.761. The molecule has 3 saturated heterocycles. The summed E-state index contributed by atoms with van der Waals surface area (Å²) in [5, 5.41) is 0. The van der Waals surface area contributed by atoms with Gasteiger partial charge in [-0.25, -0.2) is 0 Å². The first-order chi connectivity index (χ1) is 8.72. The van der Waals surface area contributed by atoms with Crippen molar-refractivity contribution in [1.82, 2.24) is 4.90 Å². The maximum atomic E-state index is 12.3. The highest BCUT2D eigenvalue weighted by Crippen LogP contribution is 2.34. The Bertz CT molecular complexity index is 429. The predicted molar refractivity (Wildman–Crippen MR) is 72.8 cm³/mol. The molecule has 3 heterocycles. The number of benzene rings is 1. The number of ketones is 1. The fourth-order valence-electron chi connectivity index (χ4n) is 3.41. The summed E-state index contributed by atoms with van der Waals surface area (Å²) in [4.78, 5) is 14.8. The van der Waals surface area contributed by atoms with E-state index in [1.807, 2.05) is 24.3 Å². The number of hydrogen-bond acceptors (Lipinski definition) is 2. The largest absolute Gasteiger partial charge is 0.303 e. The van der Waals surface area contributed by atoms with Crippen molar-refractivity contribution < 1.29 is 4.79 Å². The number of carbonyl (C=O) groups excluding carboxylic acids is 1. The Balaban J connectivity index is 1.66. The van der Waals surface area contributed by atoms with Gasteiger partial charge in [0.15, 0.2) is 5.78 Å². The van der Waals surface area contributed by atoms with E-state index in [-0.39, 0.29) is 0 Å². The molecule has 0 aliphatic carbocycles. The van der Waals surface area contributed by atoms with Gasteiger partial charge < -0.3 is 4.90 Å². The lowest BCUT2D eigenvalue weighted by Gasteiger charge is -2.44. The lowest BCUT2D eigenvalue weighted by Crippen LogP contribution is -2.47. The lowest BCUT2D eigenvalue weighted by molar-refractivity contribution is 0.0441. The minimum atomic E-state index is 0.328. The number of carbonyl (C=O) groups is 1. The van der Waals surface area contributed by atoms with Crippen LogP contribution in [0.2, 0.25) is 0 Å². The normalized spacial score (nSPS) is 30.4. The number of rotatable bonds is 3. The first-order valence-electron chi connectivity index (χ1n) is 7.04. The third kappa shape index (κ3) is 2.35. The van der Waals surface area contributed by atoms with Crippen molar-refractivity contribution in [3.05, 3.63) is 35.4 Å². The van der Waals surface area contributed by atoms with Gasteiger partial charge in [0, 0.05) is 18.5 Å². The van der Waals surface area contributed by atoms with Crippen molar-refractivity contribution in [2.24, 2.45) is 11.8 Å². The van der Waals surface area contributed by atoms with Crippen LogP contribution in [0.4, 0.5) is 0 Å². The first-order valence-corrected chi connectivity index (χ1v) is 7.04. The first kappa shape index (κ1) is 11.9. The molecule has 0 radical (unpaired) electrons. The molecule has 3 aliphatic heterocycles. The molecular weight excluding hydrogens is 222 g/mol. The molecular formula is C16H21NO. The Morgan fingerprint density at radius 3 is 2.44 bits per heavy atom. The average Bonchev–Trinajstić information content (AvgIpc) is 2.41. The zero-order valence-electron chi connectivity index (χ0n) is 11.1. The summed E-state index contributed by atoms with van der Waals surface area (Å²) in [7, 11) is 0. The summed E-state index contributed by atoms with van der Waals surface area (Å²) in [6, 6.07) is 8.01. The zero-order chi connectivity index (χ0) is 12.5. The summed E-state index contributed by atoms with van der Waals surface area (Å²) < 4.78 is 0. The fourth-order valence-corrected chi connectivity index (χ4v) is 3.41. The van der Waals surface area contributed by atoms with Gasteiger partial charge in [-0.05, 0) is 44.7 Å². The standard InChI is InChI=1S/C16H21NO/c1-12-2-4-14(5-3-12)16(18)10-15-11-17-8-6-13(15)7-9-17/h2-5,13,15H,6-11H2,1H3/t15-/m0/s1. The number of fused-ring (bicyclic) bond motifs is 3. The highest BCUT2D eigenvalue weighted by molar-refractivity contribution is 5.96. The van der Waals surface area contributed by atoms with Crippen molar-refractivity contribution in [3.63, 3.8) is 0 Å². The van der Waals surface area contributed by atoms with Gasteiger partial charge in [-0.2, -0.15) is 0 Å². The molecule has 2 bridgehead atoms. The van der Waals surface area contributed by atoms with Crippen LogP contribution in [0.15, 0.2) is 24.3 Å². The summed E-state index contributed by atoms with van der Waals surface area (Å²) in [5.41, 5.74) is 2.10. The molecule has 18 heavy (non-hydrogen) atoms. The molecule has 3 fully saturated rings. The molecule has 1 aromatic carbocycles. The molecule has 0 unspecified atom stereocenters. The van der Waals surface area contributed by atoms with Gasteiger partial charge in [0.2, 0.25) is 0 Å². The SMILES string of the molecule is Cc1ccc(C(=O)C[C@H]2CN3CCC2CC3)cc1. The number of piperidine rings is 3. The molecule has 1 aromatic rings. The van der Waals surface area contributed by atoms with Gasteiger partial charge >= 0.3 is 0 Å². The molecule has 1 atom stereocenters. The topological polar surface area (TPSA) is 20.3 Å². The lowest BCUT2D eigenvalue weighted by atomic mass is 9.76. The molecule has 4 rings (SSSR count). The van der Waals surface area contributed by atoms with Crippen molar-refractivity contribution >= 4 is 5.78 Å². The van der Waals surface area contributed by atoms with Crippen LogP contribution < -0.4 is 0 Å². The Hall–Kier alpha value is -1.15. The van der Waals surface area contributed by atoms with E-state index in [1.165, 1.54) is 31.5 Å². The Morgan fingerprint density at radius 2 is 1.89 bits per heavy atom. The number of nitrogens with zero attached hydrogens (tertiary/aromatic N) is 1. The second-order valence-corrected chi connectivity index (χ2v) is 5.89. The van der Waals surface area contributed by atoms with Gasteiger partial charge in [-0.15, -0.1) is 0 Å². The minimum absolute atomic E-state index is 0.328. The van der Waals surface area contributed by atoms with E-state index in [4.69, 9.17) is 0 Å². The number of hydrogen-bond donors (Lipinski definition) is 0. The van der Waals surface area contributed by atoms with Gasteiger partial charge in [-0.3, -0.25) is 4.79 Å². The van der Waals surface area contributed by atoms with Crippen molar-refractivity contribution in [3.8, 4) is 0 Å². The summed E-state index contributed by atoms with van der Waals surface area (Å²) in [6.07, 6.45) is 3.34. The van der Waals surface area contributed by atoms with Crippen LogP contribution in [0, 0.1) is 18.8 Å². The molecule has 0 aromatic heterocycles. The van der Waals surface area contributed by atoms with Crippen molar-refractivity contribution in [2.75, 3.05) is 19.6 Å². The molecule has 3 aliphatic rings. The smallest absolute Gasteiger partial charge is 0.163 e. The Labute approximate surface area is 109 Å². The second-order valence-electron chi connectivity index (χ2n) is 5.89. The summed E-state index contributed by atoms with van der Waals surface area (Å²) >= 11 is 0. The molecule has 96 valence electrons. The molecule has 2 nitrogen and oxygen atoms in total. The van der Waals surface area contributed by atoms with Gasteiger partial charge in [0.05, 0.1) is 0 Å². The van der Waals surface area contributed by atoms with Gasteiger partial charge in [-0.1, -0.05) is 29.8 Å². The summed E-state index contributed by atoms with van der Waals surface area (Å²) in [5.74, 6) is 1.72. The van der Waals surface area contributed by atoms with E-state index >= 15 is 0 Å². The van der Waals surface area contributed by atoms with E-state index in [0.29, 0.717) is 11.7 Å². The van der Waals surface area contributed by atoms with E-state index in [2.05, 4.69) is 11.8 Å². The predicted octanol–water partition coefficient (Wildman–Crippen LogP) is 2.91. The third-order valence-electron chi connectivity index (χ3n) is 4.61. The van der Waals surface area contributed by atoms with Crippen molar-refractivity contribution in [1.29, 1.82) is 0 Å². The Kier molecular flexibility index (Phi) is 3.21. The highest BCUT2D eigenvalue weighted by Gasteiger charge is 2.35. The number of aryl methyl sites for hydroxylation is 1. The minimum Gasteiger partial charge on any atom is -0.303 e. The maximum Gasteiger partial charge on any atom is 0.163 e. The zero-order valence-corrected chi connectivity index (χ0v) is 11.1. The fraction of sp³-hybridized carbons (Fsp3) is 0.562. The molecule has 2 heteroatoms. The Morgan fingerprint density at radius 1 is 1.22 bits per heavy atom. The van der Waals surface area contributed by atoms with E-state index in [0.717, 1.165) is 24.4 Å². The van der Waals surface area contributed by atoms with Crippen LogP contribution in [-0.2, 0) is 0 Å². The van der Waals surface area contributed by atoms with Crippen LogP contribution >= 0.6 is 0 Å². The van der Waals surface area contributed by atoms with Crippen LogP contribution in [0.3, 0.4) is 0 Å². The second kappa shape index (κ2) is 4.85. The summed E-state index contributed by atoms with van der Waals surface area (Å²) in [6.45, 7) is 5.70. The average molecular weight is 243 g/mol. The molecule has 0 N–H and O–H groups in total. The third-order valence-corrected chi connectivity index (χ3v) is 4.61. The maximum absolute atomic E-state index is 12.3. The molecule has 0 amide bonds. The number of Topliss-reactive ketones (excluding diaryl/α,β-unsaturated/α-hetero) is 1.